The molecule has 0 radical (unpaired) electrons. The van der Waals surface area contributed by atoms with Crippen LogP contribution < -0.4 is 0 Å². The van der Waals surface area contributed by atoms with Crippen LogP contribution in [0.2, 0.25) is 0 Å². The van der Waals surface area contributed by atoms with E-state index in [4.69, 9.17) is 17.0 Å². The van der Waals surface area contributed by atoms with Gasteiger partial charge in [-0.25, -0.2) is 4.98 Å². The molecule has 2 N–H and O–H groups in total. The van der Waals surface area contributed by atoms with Gasteiger partial charge in [0.05, 0.1) is 18.2 Å². The van der Waals surface area contributed by atoms with Gasteiger partial charge >= 0.3 is 0 Å². The number of aromatic amines is 2. The molecule has 19 heavy (non-hydrogen) atoms. The molecule has 0 amide bonds. The van der Waals surface area contributed by atoms with E-state index in [0.717, 1.165) is 50.0 Å². The Bertz CT molecular complexity index is 584. The maximum Gasteiger partial charge on any atom is 0.213 e. The van der Waals surface area contributed by atoms with E-state index in [1.54, 1.807) is 11.3 Å². The standard InChI is InChI=1S/C11H15N5OS2/c18-11-13-10(14-15-11)8-7-19-9(12-8)1-2-16-3-5-17-6-4-16/h7H,1-6H2,(H2,13,14,15,18). The van der Waals surface area contributed by atoms with Gasteiger partial charge in [0.1, 0.15) is 5.69 Å². The Hall–Kier alpha value is -1.09. The zero-order valence-corrected chi connectivity index (χ0v) is 12.0. The Morgan fingerprint density at radius 1 is 1.32 bits per heavy atom. The van der Waals surface area contributed by atoms with Gasteiger partial charge in [-0.15, -0.1) is 11.3 Å². The second-order valence-electron chi connectivity index (χ2n) is 4.35. The summed E-state index contributed by atoms with van der Waals surface area (Å²) in [6.45, 7) is 4.75. The van der Waals surface area contributed by atoms with Gasteiger partial charge in [0, 0.05) is 31.4 Å². The fourth-order valence-corrected chi connectivity index (χ4v) is 2.92. The highest BCUT2D eigenvalue weighted by Gasteiger charge is 2.12. The number of H-pyrrole nitrogens is 2. The second-order valence-corrected chi connectivity index (χ2v) is 5.68. The fourth-order valence-electron chi connectivity index (χ4n) is 2.00. The number of morpholine rings is 1. The van der Waals surface area contributed by atoms with Gasteiger partial charge < -0.3 is 4.74 Å². The average Bonchev–Trinajstić information content (AvgIpc) is 3.06. The summed E-state index contributed by atoms with van der Waals surface area (Å²) in [5.74, 6) is 0.707. The zero-order chi connectivity index (χ0) is 13.1. The van der Waals surface area contributed by atoms with Gasteiger partial charge in [-0.2, -0.15) is 4.98 Å². The fraction of sp³-hybridized carbons (Fsp3) is 0.545. The highest BCUT2D eigenvalue weighted by Crippen LogP contribution is 2.18. The largest absolute Gasteiger partial charge is 0.379 e. The minimum atomic E-state index is 0.456. The summed E-state index contributed by atoms with van der Waals surface area (Å²) in [5, 5.41) is 8.84. The molecular weight excluding hydrogens is 282 g/mol. The van der Waals surface area contributed by atoms with Crippen LogP contribution in [-0.4, -0.2) is 57.9 Å². The van der Waals surface area contributed by atoms with Crippen molar-refractivity contribution in [1.82, 2.24) is 25.1 Å². The van der Waals surface area contributed by atoms with E-state index < -0.39 is 0 Å². The first-order valence-electron chi connectivity index (χ1n) is 6.21. The molecule has 1 aliphatic heterocycles. The predicted molar refractivity (Wildman–Crippen MR) is 75.8 cm³/mol. The number of nitrogens with one attached hydrogen (secondary N) is 2. The van der Waals surface area contributed by atoms with Crippen LogP contribution in [0.1, 0.15) is 5.01 Å². The van der Waals surface area contributed by atoms with E-state index in [-0.39, 0.29) is 0 Å². The summed E-state index contributed by atoms with van der Waals surface area (Å²) in [6, 6.07) is 0. The molecule has 0 bridgehead atoms. The third-order valence-electron chi connectivity index (χ3n) is 3.04. The van der Waals surface area contributed by atoms with Crippen LogP contribution in [0.25, 0.3) is 11.5 Å². The highest BCUT2D eigenvalue weighted by atomic mass is 32.1. The first-order valence-corrected chi connectivity index (χ1v) is 7.49. The number of aromatic nitrogens is 4. The molecule has 0 atom stereocenters. The van der Waals surface area contributed by atoms with Gasteiger partial charge in [-0.3, -0.25) is 15.1 Å². The first kappa shape index (κ1) is 12.9. The lowest BCUT2D eigenvalue weighted by atomic mass is 10.3. The molecular formula is C11H15N5OS2. The summed E-state index contributed by atoms with van der Waals surface area (Å²) in [7, 11) is 0. The van der Waals surface area contributed by atoms with Crippen molar-refractivity contribution in [2.75, 3.05) is 32.8 Å². The molecule has 1 saturated heterocycles. The Balaban J connectivity index is 1.60. The molecule has 3 heterocycles. The molecule has 8 heteroatoms. The van der Waals surface area contributed by atoms with Crippen LogP contribution in [0.4, 0.5) is 0 Å². The third-order valence-corrected chi connectivity index (χ3v) is 4.14. The number of ether oxygens (including phenoxy) is 1. The normalized spacial score (nSPS) is 16.8. The number of hydrogen-bond donors (Lipinski definition) is 2. The smallest absolute Gasteiger partial charge is 0.213 e. The summed E-state index contributed by atoms with van der Waals surface area (Å²) in [6.07, 6.45) is 0.968. The van der Waals surface area contributed by atoms with E-state index in [2.05, 4.69) is 25.1 Å². The summed E-state index contributed by atoms with van der Waals surface area (Å²) < 4.78 is 5.79. The van der Waals surface area contributed by atoms with Crippen LogP contribution in [0.15, 0.2) is 5.38 Å². The minimum Gasteiger partial charge on any atom is -0.379 e. The summed E-state index contributed by atoms with van der Waals surface area (Å²) in [5.41, 5.74) is 0.856. The molecule has 1 fully saturated rings. The predicted octanol–water partition coefficient (Wildman–Crippen LogP) is 1.47. The van der Waals surface area contributed by atoms with Crippen molar-refractivity contribution in [3.05, 3.63) is 15.2 Å². The number of hydrogen-bond acceptors (Lipinski definition) is 6. The molecule has 1 aliphatic rings. The van der Waals surface area contributed by atoms with Crippen molar-refractivity contribution in [2.45, 2.75) is 6.42 Å². The minimum absolute atomic E-state index is 0.456. The lowest BCUT2D eigenvalue weighted by Gasteiger charge is -2.25. The average molecular weight is 297 g/mol. The number of rotatable bonds is 4. The quantitative estimate of drug-likeness (QED) is 0.836. The van der Waals surface area contributed by atoms with Crippen LogP contribution >= 0.6 is 23.6 Å². The van der Waals surface area contributed by atoms with Crippen molar-refractivity contribution < 1.29 is 4.74 Å². The molecule has 0 aliphatic carbocycles. The molecule has 2 aromatic heterocycles. The van der Waals surface area contributed by atoms with Crippen molar-refractivity contribution in [2.24, 2.45) is 0 Å². The first-order chi connectivity index (χ1) is 9.31. The van der Waals surface area contributed by atoms with Gasteiger partial charge in [0.25, 0.3) is 0 Å². The molecule has 102 valence electrons. The highest BCUT2D eigenvalue weighted by molar-refractivity contribution is 7.71. The molecule has 2 aromatic rings. The van der Waals surface area contributed by atoms with Crippen molar-refractivity contribution >= 4 is 23.6 Å². The van der Waals surface area contributed by atoms with E-state index in [9.17, 15) is 0 Å². The van der Waals surface area contributed by atoms with Gasteiger partial charge in [-0.1, -0.05) is 0 Å². The van der Waals surface area contributed by atoms with E-state index >= 15 is 0 Å². The monoisotopic (exact) mass is 297 g/mol. The van der Waals surface area contributed by atoms with Crippen LogP contribution in [-0.2, 0) is 11.2 Å². The van der Waals surface area contributed by atoms with Crippen molar-refractivity contribution in [3.63, 3.8) is 0 Å². The van der Waals surface area contributed by atoms with Gasteiger partial charge in [0.15, 0.2) is 5.82 Å². The van der Waals surface area contributed by atoms with E-state index in [1.807, 2.05) is 5.38 Å². The molecule has 0 spiro atoms. The lowest BCUT2D eigenvalue weighted by molar-refractivity contribution is 0.0384. The third kappa shape index (κ3) is 3.27. The van der Waals surface area contributed by atoms with Gasteiger partial charge in [-0.05, 0) is 12.2 Å². The molecule has 0 saturated carbocycles. The Morgan fingerprint density at radius 2 is 2.16 bits per heavy atom. The SMILES string of the molecule is S=c1nc(-c2csc(CCN3CCOCC3)n2)[nH][nH]1. The Morgan fingerprint density at radius 3 is 2.89 bits per heavy atom. The van der Waals surface area contributed by atoms with Crippen LogP contribution in [0, 0.1) is 4.77 Å². The number of thiazole rings is 1. The van der Waals surface area contributed by atoms with E-state index in [1.165, 1.54) is 0 Å². The molecule has 6 nitrogen and oxygen atoms in total. The summed E-state index contributed by atoms with van der Waals surface area (Å²) in [4.78, 5) is 11.2. The Kier molecular flexibility index (Phi) is 4.02. The van der Waals surface area contributed by atoms with Crippen LogP contribution in [0.3, 0.4) is 0 Å². The molecule has 0 aromatic carbocycles. The maximum absolute atomic E-state index is 5.34. The van der Waals surface area contributed by atoms with Gasteiger partial charge in [0.2, 0.25) is 4.77 Å². The number of nitrogens with zero attached hydrogens (tertiary/aromatic N) is 3. The van der Waals surface area contributed by atoms with Crippen LogP contribution in [0.5, 0.6) is 0 Å². The van der Waals surface area contributed by atoms with E-state index in [0.29, 0.717) is 10.6 Å². The maximum atomic E-state index is 5.34. The lowest BCUT2D eigenvalue weighted by Crippen LogP contribution is -2.37. The Labute approximate surface area is 119 Å². The molecule has 3 rings (SSSR count). The van der Waals surface area contributed by atoms with Crippen molar-refractivity contribution in [3.8, 4) is 11.5 Å². The summed E-state index contributed by atoms with van der Waals surface area (Å²) >= 11 is 6.60. The molecule has 0 unspecified atom stereocenters. The second kappa shape index (κ2) is 5.91. The van der Waals surface area contributed by atoms with Crippen molar-refractivity contribution in [1.29, 1.82) is 0 Å². The topological polar surface area (TPSA) is 69.8 Å². The zero-order valence-electron chi connectivity index (χ0n) is 10.4.